The van der Waals surface area contributed by atoms with Crippen LogP contribution in [0.1, 0.15) is 87.4 Å². The molecular formula is C24H40N5O5-. The fourth-order valence-corrected chi connectivity index (χ4v) is 4.10. The molecule has 0 spiro atoms. The van der Waals surface area contributed by atoms with E-state index in [0.717, 1.165) is 76.9 Å². The molecule has 34 heavy (non-hydrogen) atoms. The van der Waals surface area contributed by atoms with Gasteiger partial charge >= 0.3 is 0 Å². The molecule has 2 rings (SSSR count). The highest BCUT2D eigenvalue weighted by atomic mass is 16.9. The quantitative estimate of drug-likeness (QED) is 0.188. The molecule has 0 aromatic carbocycles. The predicted molar refractivity (Wildman–Crippen MR) is 132 cm³/mol. The fourth-order valence-electron chi connectivity index (χ4n) is 4.10. The van der Waals surface area contributed by atoms with Crippen LogP contribution < -0.4 is 10.2 Å². The second kappa shape index (κ2) is 17.0. The van der Waals surface area contributed by atoms with Crippen LogP contribution in [0.15, 0.2) is 18.3 Å². The Labute approximate surface area is 202 Å². The van der Waals surface area contributed by atoms with E-state index in [-0.39, 0.29) is 13.2 Å². The highest BCUT2D eigenvalue weighted by Crippen LogP contribution is 2.15. The van der Waals surface area contributed by atoms with E-state index in [1.165, 1.54) is 38.3 Å². The molecule has 1 N–H and O–H groups in total. The lowest BCUT2D eigenvalue weighted by molar-refractivity contribution is -0.757. The SMILES string of the molecule is O=C(c1ccc(N2CCNCC2)nc1)N([O-])CCCCCCCCCCCCCCO[N+](=O)[O-]. The number of hydrogen-bond donors (Lipinski definition) is 1. The topological polar surface area (TPSA) is 124 Å². The molecule has 2 heterocycles. The number of unbranched alkanes of at least 4 members (excludes halogenated alkanes) is 11. The molecule has 0 radical (unpaired) electrons. The lowest BCUT2D eigenvalue weighted by Gasteiger charge is -2.29. The van der Waals surface area contributed by atoms with Crippen LogP contribution in [-0.2, 0) is 4.84 Å². The number of hydroxylamine groups is 2. The molecule has 0 aliphatic carbocycles. The monoisotopic (exact) mass is 478 g/mol. The first kappa shape index (κ1) is 27.8. The van der Waals surface area contributed by atoms with Crippen LogP contribution >= 0.6 is 0 Å². The van der Waals surface area contributed by atoms with Crippen molar-refractivity contribution in [2.75, 3.05) is 44.2 Å². The fraction of sp³-hybridized carbons (Fsp3) is 0.750. The van der Waals surface area contributed by atoms with Gasteiger partial charge in [-0.1, -0.05) is 64.2 Å². The summed E-state index contributed by atoms with van der Waals surface area (Å²) in [5.74, 6) is 0.334. The smallest absolute Gasteiger partial charge is 0.294 e. The summed E-state index contributed by atoms with van der Waals surface area (Å²) in [7, 11) is 0. The number of carbonyl (C=O) groups excluding carboxylic acids is 1. The number of nitrogens with zero attached hydrogens (tertiary/aromatic N) is 4. The van der Waals surface area contributed by atoms with Crippen molar-refractivity contribution < 1.29 is 14.7 Å². The Balaban J connectivity index is 1.43. The van der Waals surface area contributed by atoms with E-state index in [0.29, 0.717) is 10.6 Å². The second-order valence-electron chi connectivity index (χ2n) is 8.85. The standard InChI is InChI=1S/C24H40N5O5/c30-24(22-13-14-23(26-21-22)27-18-15-25-16-19-27)28(31)17-11-9-7-5-3-1-2-4-6-8-10-12-20-34-29(32)33/h13-14,21,25H,1-12,15-20H2/q-1. The van der Waals surface area contributed by atoms with Crippen LogP contribution in [0.2, 0.25) is 0 Å². The largest absolute Gasteiger partial charge is 0.756 e. The molecule has 1 aromatic rings. The summed E-state index contributed by atoms with van der Waals surface area (Å²) in [6.07, 6.45) is 14.2. The zero-order chi connectivity index (χ0) is 24.4. The van der Waals surface area contributed by atoms with Gasteiger partial charge in [0.15, 0.2) is 0 Å². The highest BCUT2D eigenvalue weighted by Gasteiger charge is 2.13. The number of pyridine rings is 1. The summed E-state index contributed by atoms with van der Waals surface area (Å²) in [6.45, 7) is 4.05. The maximum Gasteiger partial charge on any atom is 0.294 e. The van der Waals surface area contributed by atoms with Crippen LogP contribution in [0.5, 0.6) is 0 Å². The molecule has 1 aliphatic rings. The zero-order valence-corrected chi connectivity index (χ0v) is 20.3. The van der Waals surface area contributed by atoms with E-state index in [9.17, 15) is 20.1 Å². The normalized spacial score (nSPS) is 13.6. The highest BCUT2D eigenvalue weighted by molar-refractivity contribution is 5.94. The lowest BCUT2D eigenvalue weighted by Crippen LogP contribution is -2.43. The van der Waals surface area contributed by atoms with Gasteiger partial charge in [-0.25, -0.2) is 4.98 Å². The van der Waals surface area contributed by atoms with Crippen LogP contribution in [0.4, 0.5) is 5.82 Å². The summed E-state index contributed by atoms with van der Waals surface area (Å²) >= 11 is 0. The maximum atomic E-state index is 12.3. The van der Waals surface area contributed by atoms with E-state index >= 15 is 0 Å². The molecule has 1 aliphatic heterocycles. The minimum atomic E-state index is -0.734. The van der Waals surface area contributed by atoms with Crippen molar-refractivity contribution in [3.05, 3.63) is 39.2 Å². The Morgan fingerprint density at radius 2 is 1.53 bits per heavy atom. The van der Waals surface area contributed by atoms with Crippen LogP contribution in [0, 0.1) is 15.3 Å². The molecule has 192 valence electrons. The summed E-state index contributed by atoms with van der Waals surface area (Å²) in [4.78, 5) is 33.2. The summed E-state index contributed by atoms with van der Waals surface area (Å²) < 4.78 is 0. The van der Waals surface area contributed by atoms with Gasteiger partial charge in [0, 0.05) is 38.9 Å². The summed E-state index contributed by atoms with van der Waals surface area (Å²) in [6, 6.07) is 3.52. The Hall–Kier alpha value is -2.46. The Morgan fingerprint density at radius 1 is 0.971 bits per heavy atom. The van der Waals surface area contributed by atoms with E-state index in [1.807, 2.05) is 6.07 Å². The molecule has 10 nitrogen and oxygen atoms in total. The second-order valence-corrected chi connectivity index (χ2v) is 8.85. The molecule has 10 heteroatoms. The van der Waals surface area contributed by atoms with Gasteiger partial charge in [0.1, 0.15) is 5.82 Å². The molecule has 1 saturated heterocycles. The van der Waals surface area contributed by atoms with E-state index < -0.39 is 11.0 Å². The molecule has 1 amide bonds. The number of hydrogen-bond acceptors (Lipinski definition) is 8. The Bertz CT molecular complexity index is 697. The van der Waals surface area contributed by atoms with Gasteiger partial charge < -0.3 is 25.3 Å². The number of piperazine rings is 1. The lowest BCUT2D eigenvalue weighted by atomic mass is 10.1. The number of aromatic nitrogens is 1. The van der Waals surface area contributed by atoms with E-state index in [4.69, 9.17) is 0 Å². The average molecular weight is 479 g/mol. The molecule has 0 saturated carbocycles. The van der Waals surface area contributed by atoms with Crippen molar-refractivity contribution in [1.82, 2.24) is 15.4 Å². The molecule has 1 aromatic heterocycles. The third-order valence-corrected chi connectivity index (χ3v) is 6.11. The van der Waals surface area contributed by atoms with E-state index in [1.54, 1.807) is 6.07 Å². The number of carbonyl (C=O) groups is 1. The van der Waals surface area contributed by atoms with Gasteiger partial charge in [-0.2, -0.15) is 0 Å². The minimum Gasteiger partial charge on any atom is -0.756 e. The van der Waals surface area contributed by atoms with Crippen molar-refractivity contribution in [2.24, 2.45) is 0 Å². The Kier molecular flexibility index (Phi) is 13.9. The van der Waals surface area contributed by atoms with Crippen molar-refractivity contribution in [1.29, 1.82) is 0 Å². The van der Waals surface area contributed by atoms with Gasteiger partial charge in [-0.15, -0.1) is 10.1 Å². The van der Waals surface area contributed by atoms with Crippen molar-refractivity contribution >= 4 is 11.7 Å². The predicted octanol–water partition coefficient (Wildman–Crippen LogP) is 4.32. The van der Waals surface area contributed by atoms with Crippen molar-refractivity contribution in [3.63, 3.8) is 0 Å². The van der Waals surface area contributed by atoms with Gasteiger partial charge in [0.05, 0.1) is 12.2 Å². The van der Waals surface area contributed by atoms with Gasteiger partial charge in [0.25, 0.3) is 5.09 Å². The van der Waals surface area contributed by atoms with Gasteiger partial charge in [-0.3, -0.25) is 4.79 Å². The third-order valence-electron chi connectivity index (χ3n) is 6.11. The first-order chi connectivity index (χ1) is 16.6. The molecule has 0 atom stereocenters. The number of amides is 1. The third kappa shape index (κ3) is 11.6. The molecule has 0 unspecified atom stereocenters. The first-order valence-electron chi connectivity index (χ1n) is 12.8. The maximum absolute atomic E-state index is 12.3. The zero-order valence-electron chi connectivity index (χ0n) is 20.3. The van der Waals surface area contributed by atoms with E-state index in [2.05, 4.69) is 20.0 Å². The van der Waals surface area contributed by atoms with Crippen molar-refractivity contribution in [2.45, 2.75) is 77.0 Å². The van der Waals surface area contributed by atoms with Crippen LogP contribution in [0.25, 0.3) is 0 Å². The molecular weight excluding hydrogens is 438 g/mol. The number of nitrogens with one attached hydrogen (secondary N) is 1. The van der Waals surface area contributed by atoms with Gasteiger partial charge in [0.2, 0.25) is 5.91 Å². The molecule has 0 bridgehead atoms. The average Bonchev–Trinajstić information content (AvgIpc) is 2.86. The number of anilines is 1. The van der Waals surface area contributed by atoms with Crippen LogP contribution in [-0.4, -0.2) is 60.4 Å². The minimum absolute atomic E-state index is 0.201. The molecule has 1 fully saturated rings. The number of rotatable bonds is 18. The van der Waals surface area contributed by atoms with Gasteiger partial charge in [-0.05, 0) is 25.0 Å². The summed E-state index contributed by atoms with van der Waals surface area (Å²) in [5.41, 5.74) is 0.346. The first-order valence-corrected chi connectivity index (χ1v) is 12.8. The summed E-state index contributed by atoms with van der Waals surface area (Å²) in [5, 5.41) is 25.3. The van der Waals surface area contributed by atoms with Crippen LogP contribution in [0.3, 0.4) is 0 Å². The van der Waals surface area contributed by atoms with Crippen molar-refractivity contribution in [3.8, 4) is 0 Å². The Morgan fingerprint density at radius 3 is 2.06 bits per heavy atom.